The normalized spacial score (nSPS) is 8.00. The maximum Gasteiger partial charge on any atom is 0.668 e. The molecule has 0 bridgehead atoms. The Morgan fingerprint density at radius 2 is 1.11 bits per heavy atom. The van der Waals surface area contributed by atoms with E-state index in [2.05, 4.69) is 0 Å². The molecule has 0 aliphatic rings. The first-order valence-electron chi connectivity index (χ1n) is 1.28. The van der Waals surface area contributed by atoms with E-state index >= 15 is 0 Å². The van der Waals surface area contributed by atoms with E-state index in [-0.39, 0.29) is 32.7 Å². The molecule has 0 unspecified atom stereocenters. The van der Waals surface area contributed by atoms with E-state index in [0.29, 0.717) is 0 Å². The van der Waals surface area contributed by atoms with Gasteiger partial charge >= 0.3 is 9.05 Å². The van der Waals surface area contributed by atoms with Crippen LogP contribution in [0.25, 0.3) is 0 Å². The quantitative estimate of drug-likeness (QED) is 0.179. The molecule has 0 saturated heterocycles. The average Bonchev–Trinajstić information content (AvgIpc) is 1.27. The third kappa shape index (κ3) is 1170. The van der Waals surface area contributed by atoms with Gasteiger partial charge in [-0.3, -0.25) is 0 Å². The van der Waals surface area contributed by atoms with Crippen LogP contribution in [-0.2, 0) is 32.7 Å². The van der Waals surface area contributed by atoms with Gasteiger partial charge in [-0.05, 0) is 0 Å². The van der Waals surface area contributed by atoms with Crippen LogP contribution in [0.3, 0.4) is 0 Å². The fraction of sp³-hybridized carbons (Fsp3) is 0. The van der Waals surface area contributed by atoms with Crippen molar-refractivity contribution in [3.8, 4) is 0 Å². The maximum atomic E-state index is 8.11. The first kappa shape index (κ1) is 16.3. The Morgan fingerprint density at radius 1 is 1.11 bits per heavy atom. The van der Waals surface area contributed by atoms with Crippen molar-refractivity contribution >= 4 is 9.05 Å². The van der Waals surface area contributed by atoms with Gasteiger partial charge in [-0.1, -0.05) is 0 Å². The molecule has 53 valence electrons. The molecule has 5 N–H and O–H groups in total. The molecule has 0 amide bonds. The Kier molecular flexibility index (Phi) is 15.5. The molecular formula is H5NO6SiY. The third-order valence-electron chi connectivity index (χ3n) is 0. The van der Waals surface area contributed by atoms with Crippen LogP contribution in [0, 0.1) is 4.91 Å². The summed E-state index contributed by atoms with van der Waals surface area (Å²) in [6.07, 6.45) is 0. The van der Waals surface area contributed by atoms with Crippen LogP contribution in [-0.4, -0.2) is 33.4 Å². The summed E-state index contributed by atoms with van der Waals surface area (Å²) in [4.78, 5) is 37.4. The fourth-order valence-corrected chi connectivity index (χ4v) is 0. The molecule has 0 aliphatic carbocycles. The molecule has 9 heavy (non-hydrogen) atoms. The Balaban J connectivity index is -0.0000000800. The molecule has 0 atom stereocenters. The molecule has 0 spiro atoms. The predicted molar refractivity (Wildman–Crippen MR) is 22.2 cm³/mol. The molecule has 0 aromatic carbocycles. The minimum absolute atomic E-state index is 0. The number of nitrogens with zero attached hydrogens (tertiary/aromatic N) is 1. The van der Waals surface area contributed by atoms with Crippen molar-refractivity contribution in [1.82, 2.24) is 0 Å². The van der Waals surface area contributed by atoms with Gasteiger partial charge in [0, 0.05) is 32.7 Å². The zero-order chi connectivity index (χ0) is 7.21. The summed E-state index contributed by atoms with van der Waals surface area (Å²) in [5, 5.41) is 7.89. The number of rotatable bonds is 0. The van der Waals surface area contributed by atoms with E-state index in [4.69, 9.17) is 29.3 Å². The second-order valence-corrected chi connectivity index (χ2v) is 1.88. The molecule has 0 fully saturated rings. The summed E-state index contributed by atoms with van der Waals surface area (Å²) in [5.41, 5.74) is 0. The van der Waals surface area contributed by atoms with Gasteiger partial charge in [0.2, 0.25) is 0 Å². The zero-order valence-corrected chi connectivity index (χ0v) is 8.01. The Labute approximate surface area is 76.3 Å². The van der Waals surface area contributed by atoms with Crippen molar-refractivity contribution in [2.24, 2.45) is 5.34 Å². The van der Waals surface area contributed by atoms with E-state index in [1.54, 1.807) is 0 Å². The first-order valence-corrected chi connectivity index (χ1v) is 3.07. The summed E-state index contributed by atoms with van der Waals surface area (Å²) < 4.78 is 0. The van der Waals surface area contributed by atoms with Gasteiger partial charge in [0.05, 0.1) is 0 Å². The van der Waals surface area contributed by atoms with Crippen LogP contribution < -0.4 is 0 Å². The first-order chi connectivity index (χ1) is 3.41. The van der Waals surface area contributed by atoms with Crippen molar-refractivity contribution < 1.29 is 57.1 Å². The van der Waals surface area contributed by atoms with E-state index in [0.717, 1.165) is 0 Å². The molecule has 7 nitrogen and oxygen atoms in total. The molecule has 0 aromatic heterocycles. The standard InChI is InChI=1S/HNO2.H4O4Si.Y/c2-1-3;1-5(2,3)4;/h(H,2,3);1-4H;. The molecule has 9 heteroatoms. The third-order valence-corrected chi connectivity index (χ3v) is 0. The summed E-state index contributed by atoms with van der Waals surface area (Å²) in [7, 11) is -4.61. The van der Waals surface area contributed by atoms with Gasteiger partial charge in [0.25, 0.3) is 0 Å². The van der Waals surface area contributed by atoms with Gasteiger partial charge in [0.15, 0.2) is 5.34 Å². The largest absolute Gasteiger partial charge is 0.668 e. The predicted octanol–water partition coefficient (Wildman–Crippen LogP) is -2.47. The van der Waals surface area contributed by atoms with Crippen molar-refractivity contribution in [3.63, 3.8) is 0 Å². The van der Waals surface area contributed by atoms with Crippen LogP contribution in [0.15, 0.2) is 5.34 Å². The SMILES string of the molecule is O=NO.O[Si](O)(O)O.[Y]. The monoisotopic (exact) mass is 232 g/mol. The second-order valence-electron chi connectivity index (χ2n) is 0.682. The summed E-state index contributed by atoms with van der Waals surface area (Å²) in [5.74, 6) is 0. The van der Waals surface area contributed by atoms with E-state index < -0.39 is 9.05 Å². The van der Waals surface area contributed by atoms with Crippen LogP contribution in [0.5, 0.6) is 0 Å². The Morgan fingerprint density at radius 3 is 1.11 bits per heavy atom. The van der Waals surface area contributed by atoms with Crippen LogP contribution in [0.2, 0.25) is 0 Å². The van der Waals surface area contributed by atoms with Crippen molar-refractivity contribution in [2.45, 2.75) is 0 Å². The minimum atomic E-state index is -4.61. The molecular weight excluding hydrogens is 227 g/mol. The second kappa shape index (κ2) is 8.56. The van der Waals surface area contributed by atoms with Crippen molar-refractivity contribution in [2.75, 3.05) is 0 Å². The number of hydrogen-bond acceptors (Lipinski definition) is 6. The molecule has 0 saturated carbocycles. The molecule has 0 aromatic rings. The van der Waals surface area contributed by atoms with Gasteiger partial charge in [-0.2, -0.15) is 0 Å². The van der Waals surface area contributed by atoms with Crippen LogP contribution in [0.4, 0.5) is 0 Å². The maximum absolute atomic E-state index is 8.11. The summed E-state index contributed by atoms with van der Waals surface area (Å²) in [6, 6.07) is 0. The minimum Gasteiger partial charge on any atom is -0.379 e. The Bertz CT molecular complexity index is 52.6. The van der Waals surface area contributed by atoms with Gasteiger partial charge in [-0.15, -0.1) is 4.91 Å². The van der Waals surface area contributed by atoms with Gasteiger partial charge < -0.3 is 24.4 Å². The summed E-state index contributed by atoms with van der Waals surface area (Å²) >= 11 is 0. The van der Waals surface area contributed by atoms with Gasteiger partial charge in [0.1, 0.15) is 0 Å². The van der Waals surface area contributed by atoms with Crippen molar-refractivity contribution in [3.05, 3.63) is 4.91 Å². The van der Waals surface area contributed by atoms with E-state index in [1.165, 1.54) is 5.34 Å². The van der Waals surface area contributed by atoms with Gasteiger partial charge in [-0.25, -0.2) is 0 Å². The molecule has 0 aliphatic heterocycles. The Hall–Kier alpha value is 0.561. The zero-order valence-electron chi connectivity index (χ0n) is 4.17. The van der Waals surface area contributed by atoms with Crippen molar-refractivity contribution in [1.29, 1.82) is 0 Å². The molecule has 1 radical (unpaired) electrons. The van der Waals surface area contributed by atoms with E-state index in [9.17, 15) is 0 Å². The smallest absolute Gasteiger partial charge is 0.379 e. The van der Waals surface area contributed by atoms with Crippen LogP contribution >= 0.6 is 0 Å². The molecule has 0 rings (SSSR count). The topological polar surface area (TPSA) is 131 Å². The molecule has 0 heterocycles. The van der Waals surface area contributed by atoms with E-state index in [1.807, 2.05) is 0 Å². The average molecular weight is 232 g/mol. The number of hydrogen-bond donors (Lipinski definition) is 5. The van der Waals surface area contributed by atoms with Crippen LogP contribution in [0.1, 0.15) is 0 Å². The summed E-state index contributed by atoms with van der Waals surface area (Å²) in [6.45, 7) is 0. The fourth-order valence-electron chi connectivity index (χ4n) is 0.